The van der Waals surface area contributed by atoms with E-state index in [0.29, 0.717) is 26.2 Å². The summed E-state index contributed by atoms with van der Waals surface area (Å²) < 4.78 is 22.4. The van der Waals surface area contributed by atoms with Crippen LogP contribution in [0.4, 0.5) is 0 Å². The second kappa shape index (κ2) is 6.61. The molecule has 0 spiro atoms. The number of carbonyl (C=O) groups excluding carboxylic acids is 1. The maximum absolute atomic E-state index is 12.8. The topological polar surface area (TPSA) is 57.2 Å². The van der Waals surface area contributed by atoms with Crippen LogP contribution in [-0.2, 0) is 20.7 Å². The lowest BCUT2D eigenvalue weighted by Crippen LogP contribution is -2.54. The predicted molar refractivity (Wildman–Crippen MR) is 86.2 cm³/mol. The van der Waals surface area contributed by atoms with E-state index in [2.05, 4.69) is 0 Å². The molecule has 130 valence electrons. The molecule has 0 N–H and O–H groups in total. The Labute approximate surface area is 141 Å². The lowest BCUT2D eigenvalue weighted by molar-refractivity contribution is -0.150. The van der Waals surface area contributed by atoms with E-state index in [1.54, 1.807) is 0 Å². The molecule has 0 radical (unpaired) electrons. The highest BCUT2D eigenvalue weighted by Crippen LogP contribution is 2.34. The van der Waals surface area contributed by atoms with Gasteiger partial charge in [0.25, 0.3) is 0 Å². The molecule has 0 bridgehead atoms. The Bertz CT molecular complexity index is 619. The Hall–Kier alpha value is -1.79. The van der Waals surface area contributed by atoms with Crippen LogP contribution >= 0.6 is 0 Å². The monoisotopic (exact) mass is 333 g/mol. The van der Waals surface area contributed by atoms with Crippen molar-refractivity contribution in [2.45, 2.75) is 44.4 Å². The largest absolute Gasteiger partial charge is 0.454 e. The highest BCUT2D eigenvalue weighted by Gasteiger charge is 2.44. The molecule has 1 amide bonds. The van der Waals surface area contributed by atoms with Crippen molar-refractivity contribution < 1.29 is 23.7 Å². The van der Waals surface area contributed by atoms with Gasteiger partial charge >= 0.3 is 0 Å². The van der Waals surface area contributed by atoms with Crippen LogP contribution in [0.2, 0.25) is 0 Å². The first-order valence-corrected chi connectivity index (χ1v) is 8.67. The van der Waals surface area contributed by atoms with E-state index in [4.69, 9.17) is 18.9 Å². The zero-order valence-corrected chi connectivity index (χ0v) is 13.9. The normalized spacial score (nSPS) is 28.0. The van der Waals surface area contributed by atoms with Crippen molar-refractivity contribution in [3.05, 3.63) is 23.8 Å². The first-order chi connectivity index (χ1) is 11.8. The molecule has 2 heterocycles. The van der Waals surface area contributed by atoms with Crippen LogP contribution in [0, 0.1) is 0 Å². The molecule has 6 nitrogen and oxygen atoms in total. The minimum Gasteiger partial charge on any atom is -0.454 e. The molecule has 3 atom stereocenters. The number of carbonyl (C=O) groups is 1. The summed E-state index contributed by atoms with van der Waals surface area (Å²) in [7, 11) is 0. The van der Waals surface area contributed by atoms with Crippen LogP contribution in [0.5, 0.6) is 11.5 Å². The van der Waals surface area contributed by atoms with Gasteiger partial charge in [-0.15, -0.1) is 0 Å². The molecule has 24 heavy (non-hydrogen) atoms. The van der Waals surface area contributed by atoms with E-state index in [1.165, 1.54) is 0 Å². The Morgan fingerprint density at radius 2 is 2.17 bits per heavy atom. The highest BCUT2D eigenvalue weighted by molar-refractivity contribution is 5.79. The molecule has 1 saturated heterocycles. The Morgan fingerprint density at radius 1 is 1.29 bits per heavy atom. The average Bonchev–Trinajstić information content (AvgIpc) is 3.21. The van der Waals surface area contributed by atoms with Crippen molar-refractivity contribution >= 4 is 5.91 Å². The number of nitrogens with zero attached hydrogens (tertiary/aromatic N) is 1. The van der Waals surface area contributed by atoms with Gasteiger partial charge in [0.05, 0.1) is 25.2 Å². The van der Waals surface area contributed by atoms with E-state index in [1.807, 2.05) is 30.0 Å². The number of rotatable bonds is 4. The summed E-state index contributed by atoms with van der Waals surface area (Å²) in [5.41, 5.74) is 0.951. The van der Waals surface area contributed by atoms with Crippen LogP contribution in [0.1, 0.15) is 25.3 Å². The molecule has 1 aromatic rings. The molecule has 6 heteroatoms. The molecular weight excluding hydrogens is 310 g/mol. The quantitative estimate of drug-likeness (QED) is 0.840. The van der Waals surface area contributed by atoms with Crippen molar-refractivity contribution in [2.75, 3.05) is 26.6 Å². The fraction of sp³-hybridized carbons (Fsp3) is 0.611. The zero-order chi connectivity index (χ0) is 16.5. The molecule has 1 aromatic carbocycles. The van der Waals surface area contributed by atoms with E-state index in [-0.39, 0.29) is 30.9 Å². The molecular formula is C18H23NO5. The standard InChI is InChI=1S/C18H23NO5/c1-2-21-15-6-4-13-18(15)22-8-7-19(13)17(20)10-12-3-5-14-16(9-12)24-11-23-14/h3,5,9,13,15,18H,2,4,6-8,10-11H2,1H3/t13-,15-,18-/m1/s1. The van der Waals surface area contributed by atoms with Crippen molar-refractivity contribution in [2.24, 2.45) is 0 Å². The summed E-state index contributed by atoms with van der Waals surface area (Å²) in [6.45, 7) is 4.17. The van der Waals surface area contributed by atoms with Gasteiger partial charge in [-0.3, -0.25) is 4.79 Å². The van der Waals surface area contributed by atoms with Gasteiger partial charge in [-0.05, 0) is 37.5 Å². The SMILES string of the molecule is CCO[C@@H]1CC[C@@H]2[C@H]1OCCN2C(=O)Cc1ccc2c(c1)OCO2. The van der Waals surface area contributed by atoms with Crippen LogP contribution in [0.25, 0.3) is 0 Å². The van der Waals surface area contributed by atoms with Crippen LogP contribution in [-0.4, -0.2) is 55.6 Å². The van der Waals surface area contributed by atoms with Gasteiger partial charge in [-0.2, -0.15) is 0 Å². The minimum atomic E-state index is 0.0133. The first kappa shape index (κ1) is 15.7. The fourth-order valence-electron chi connectivity index (χ4n) is 3.94. The maximum atomic E-state index is 12.8. The van der Waals surface area contributed by atoms with Gasteiger partial charge in [0.15, 0.2) is 11.5 Å². The third kappa shape index (κ3) is 2.84. The first-order valence-electron chi connectivity index (χ1n) is 8.67. The number of morpholine rings is 1. The average molecular weight is 333 g/mol. The molecule has 1 aliphatic carbocycles. The third-order valence-corrected chi connectivity index (χ3v) is 5.03. The second-order valence-electron chi connectivity index (χ2n) is 6.43. The Kier molecular flexibility index (Phi) is 4.33. The number of hydrogen-bond acceptors (Lipinski definition) is 5. The summed E-state index contributed by atoms with van der Waals surface area (Å²) >= 11 is 0. The molecule has 0 unspecified atom stereocenters. The number of ether oxygens (including phenoxy) is 4. The van der Waals surface area contributed by atoms with Crippen LogP contribution in [0.15, 0.2) is 18.2 Å². The van der Waals surface area contributed by atoms with E-state index in [9.17, 15) is 4.79 Å². The van der Waals surface area contributed by atoms with Gasteiger partial charge in [0.2, 0.25) is 12.7 Å². The third-order valence-electron chi connectivity index (χ3n) is 5.03. The van der Waals surface area contributed by atoms with Crippen molar-refractivity contribution in [1.29, 1.82) is 0 Å². The van der Waals surface area contributed by atoms with Crippen LogP contribution in [0.3, 0.4) is 0 Å². The Morgan fingerprint density at radius 3 is 3.04 bits per heavy atom. The second-order valence-corrected chi connectivity index (χ2v) is 6.43. The maximum Gasteiger partial charge on any atom is 0.231 e. The summed E-state index contributed by atoms with van der Waals surface area (Å²) in [4.78, 5) is 14.8. The minimum absolute atomic E-state index is 0.0133. The predicted octanol–water partition coefficient (Wildman–Crippen LogP) is 1.75. The number of amides is 1. The van der Waals surface area contributed by atoms with E-state index < -0.39 is 0 Å². The van der Waals surface area contributed by atoms with Gasteiger partial charge < -0.3 is 23.8 Å². The van der Waals surface area contributed by atoms with Gasteiger partial charge in [-0.25, -0.2) is 0 Å². The van der Waals surface area contributed by atoms with Gasteiger partial charge in [-0.1, -0.05) is 6.07 Å². The van der Waals surface area contributed by atoms with Gasteiger partial charge in [0, 0.05) is 13.2 Å². The lowest BCUT2D eigenvalue weighted by Gasteiger charge is -2.39. The molecule has 4 rings (SSSR count). The smallest absolute Gasteiger partial charge is 0.231 e. The Balaban J connectivity index is 1.44. The lowest BCUT2D eigenvalue weighted by atomic mass is 10.1. The number of benzene rings is 1. The summed E-state index contributed by atoms with van der Waals surface area (Å²) in [5.74, 6) is 1.61. The number of hydrogen-bond donors (Lipinski definition) is 0. The molecule has 2 fully saturated rings. The molecule has 0 aromatic heterocycles. The summed E-state index contributed by atoms with van der Waals surface area (Å²) in [5, 5.41) is 0. The number of fused-ring (bicyclic) bond motifs is 2. The molecule has 1 saturated carbocycles. The highest BCUT2D eigenvalue weighted by atomic mass is 16.7. The summed E-state index contributed by atoms with van der Waals surface area (Å²) in [6, 6.07) is 5.83. The molecule has 2 aliphatic heterocycles. The van der Waals surface area contributed by atoms with Crippen molar-refractivity contribution in [3.8, 4) is 11.5 Å². The fourth-order valence-corrected chi connectivity index (χ4v) is 3.94. The van der Waals surface area contributed by atoms with Crippen molar-refractivity contribution in [1.82, 2.24) is 4.90 Å². The van der Waals surface area contributed by atoms with E-state index >= 15 is 0 Å². The van der Waals surface area contributed by atoms with Gasteiger partial charge in [0.1, 0.15) is 6.10 Å². The molecule has 3 aliphatic rings. The van der Waals surface area contributed by atoms with Crippen LogP contribution < -0.4 is 9.47 Å². The van der Waals surface area contributed by atoms with E-state index in [0.717, 1.165) is 29.9 Å². The van der Waals surface area contributed by atoms with Crippen molar-refractivity contribution in [3.63, 3.8) is 0 Å². The summed E-state index contributed by atoms with van der Waals surface area (Å²) in [6.07, 6.45) is 2.40. The zero-order valence-electron chi connectivity index (χ0n) is 13.9.